The third-order valence-electron chi connectivity index (χ3n) is 3.07. The van der Waals surface area contributed by atoms with Crippen molar-refractivity contribution in [3.05, 3.63) is 52.3 Å². The van der Waals surface area contributed by atoms with Gasteiger partial charge in [0, 0.05) is 24.7 Å². The molecule has 3 N–H and O–H groups in total. The molecule has 0 radical (unpaired) electrons. The lowest BCUT2D eigenvalue weighted by Gasteiger charge is -2.18. The molecule has 0 spiro atoms. The number of halogens is 1. The van der Waals surface area contributed by atoms with Crippen molar-refractivity contribution >= 4 is 11.6 Å². The Morgan fingerprint density at radius 3 is 2.83 bits per heavy atom. The average molecular weight is 265 g/mol. The van der Waals surface area contributed by atoms with Crippen LogP contribution in [0, 0.1) is 6.92 Å². The van der Waals surface area contributed by atoms with Gasteiger partial charge in [-0.15, -0.1) is 0 Å². The second kappa shape index (κ2) is 5.52. The number of nitrogens with zero attached hydrogens (tertiary/aromatic N) is 2. The predicted molar refractivity (Wildman–Crippen MR) is 73.2 cm³/mol. The smallest absolute Gasteiger partial charge is 0.0643 e. The molecule has 0 aliphatic carbocycles. The minimum atomic E-state index is 0.0126. The average Bonchev–Trinajstić information content (AvgIpc) is 2.76. The number of hydrazine groups is 1. The van der Waals surface area contributed by atoms with Crippen molar-refractivity contribution in [1.82, 2.24) is 15.2 Å². The van der Waals surface area contributed by atoms with Gasteiger partial charge in [0.15, 0.2) is 0 Å². The zero-order chi connectivity index (χ0) is 13.1. The normalized spacial score (nSPS) is 12.7. The molecule has 2 rings (SSSR count). The number of aryl methyl sites for hydroxylation is 1. The zero-order valence-corrected chi connectivity index (χ0v) is 11.3. The third kappa shape index (κ3) is 2.72. The van der Waals surface area contributed by atoms with E-state index in [0.29, 0.717) is 0 Å². The van der Waals surface area contributed by atoms with Gasteiger partial charge in [-0.05, 0) is 30.2 Å². The number of benzene rings is 1. The fraction of sp³-hybridized carbons (Fsp3) is 0.308. The SMILES string of the molecule is Cc1c(Cl)cccc1C(Cc1ccn(C)n1)NN. The summed E-state index contributed by atoms with van der Waals surface area (Å²) in [6, 6.07) is 7.86. The Morgan fingerprint density at radius 2 is 2.22 bits per heavy atom. The molecule has 0 saturated heterocycles. The molecule has 0 aliphatic rings. The number of hydrogen-bond acceptors (Lipinski definition) is 3. The summed E-state index contributed by atoms with van der Waals surface area (Å²) in [5.74, 6) is 5.65. The van der Waals surface area contributed by atoms with E-state index >= 15 is 0 Å². The van der Waals surface area contributed by atoms with Crippen LogP contribution in [0.1, 0.15) is 22.9 Å². The molecular weight excluding hydrogens is 248 g/mol. The molecule has 1 atom stereocenters. The highest BCUT2D eigenvalue weighted by atomic mass is 35.5. The lowest BCUT2D eigenvalue weighted by molar-refractivity contribution is 0.539. The molecule has 1 aromatic carbocycles. The first kappa shape index (κ1) is 13.1. The molecule has 0 aliphatic heterocycles. The summed E-state index contributed by atoms with van der Waals surface area (Å²) < 4.78 is 1.79. The van der Waals surface area contributed by atoms with E-state index in [1.54, 1.807) is 4.68 Å². The third-order valence-corrected chi connectivity index (χ3v) is 3.48. The quantitative estimate of drug-likeness (QED) is 0.657. The number of nitrogens with one attached hydrogen (secondary N) is 1. The van der Waals surface area contributed by atoms with Crippen LogP contribution < -0.4 is 11.3 Å². The number of aromatic nitrogens is 2. The first-order valence-electron chi connectivity index (χ1n) is 5.81. The summed E-state index contributed by atoms with van der Waals surface area (Å²) in [5, 5.41) is 5.12. The lowest BCUT2D eigenvalue weighted by Crippen LogP contribution is -2.30. The van der Waals surface area contributed by atoms with Crippen LogP contribution in [0.5, 0.6) is 0 Å². The van der Waals surface area contributed by atoms with Crippen LogP contribution >= 0.6 is 11.6 Å². The summed E-state index contributed by atoms with van der Waals surface area (Å²) in [5.41, 5.74) is 6.00. The van der Waals surface area contributed by atoms with Gasteiger partial charge in [-0.1, -0.05) is 23.7 Å². The van der Waals surface area contributed by atoms with Crippen LogP contribution in [0.15, 0.2) is 30.5 Å². The first-order valence-corrected chi connectivity index (χ1v) is 6.19. The summed E-state index contributed by atoms with van der Waals surface area (Å²) in [4.78, 5) is 0. The fourth-order valence-electron chi connectivity index (χ4n) is 2.04. The maximum Gasteiger partial charge on any atom is 0.0643 e. The van der Waals surface area contributed by atoms with Gasteiger partial charge in [-0.3, -0.25) is 16.0 Å². The summed E-state index contributed by atoms with van der Waals surface area (Å²) >= 11 is 6.13. The molecule has 0 saturated carbocycles. The molecule has 1 unspecified atom stereocenters. The summed E-state index contributed by atoms with van der Waals surface area (Å²) in [6.07, 6.45) is 2.66. The number of rotatable bonds is 4. The van der Waals surface area contributed by atoms with Gasteiger partial charge in [0.1, 0.15) is 0 Å². The van der Waals surface area contributed by atoms with Gasteiger partial charge >= 0.3 is 0 Å². The lowest BCUT2D eigenvalue weighted by atomic mass is 9.98. The largest absolute Gasteiger partial charge is 0.276 e. The van der Waals surface area contributed by atoms with E-state index in [1.165, 1.54) is 0 Å². The molecule has 5 heteroatoms. The van der Waals surface area contributed by atoms with E-state index < -0.39 is 0 Å². The highest BCUT2D eigenvalue weighted by molar-refractivity contribution is 6.31. The van der Waals surface area contributed by atoms with Crippen molar-refractivity contribution in [1.29, 1.82) is 0 Å². The molecule has 0 fully saturated rings. The second-order valence-electron chi connectivity index (χ2n) is 4.36. The van der Waals surface area contributed by atoms with Crippen molar-refractivity contribution in [2.45, 2.75) is 19.4 Å². The van der Waals surface area contributed by atoms with Crippen molar-refractivity contribution in [2.75, 3.05) is 0 Å². The second-order valence-corrected chi connectivity index (χ2v) is 4.77. The number of nitrogens with two attached hydrogens (primary N) is 1. The molecular formula is C13H17ClN4. The van der Waals surface area contributed by atoms with E-state index in [1.807, 2.05) is 44.4 Å². The van der Waals surface area contributed by atoms with E-state index in [0.717, 1.165) is 28.3 Å². The van der Waals surface area contributed by atoms with Crippen LogP contribution in [0.25, 0.3) is 0 Å². The molecule has 0 bridgehead atoms. The maximum absolute atomic E-state index is 6.13. The van der Waals surface area contributed by atoms with Gasteiger partial charge in [0.2, 0.25) is 0 Å². The summed E-state index contributed by atoms with van der Waals surface area (Å²) in [6.45, 7) is 2.00. The Labute approximate surface area is 112 Å². The van der Waals surface area contributed by atoms with Gasteiger partial charge in [-0.2, -0.15) is 5.10 Å². The number of hydrogen-bond donors (Lipinski definition) is 2. The molecule has 1 aromatic heterocycles. The van der Waals surface area contributed by atoms with Crippen LogP contribution in [-0.4, -0.2) is 9.78 Å². The molecule has 2 aromatic rings. The minimum Gasteiger partial charge on any atom is -0.276 e. The van der Waals surface area contributed by atoms with E-state index in [4.69, 9.17) is 17.4 Å². The van der Waals surface area contributed by atoms with Crippen molar-refractivity contribution in [3.63, 3.8) is 0 Å². The Morgan fingerprint density at radius 1 is 1.44 bits per heavy atom. The molecule has 4 nitrogen and oxygen atoms in total. The van der Waals surface area contributed by atoms with E-state index in [9.17, 15) is 0 Å². The van der Waals surface area contributed by atoms with Crippen LogP contribution in [-0.2, 0) is 13.5 Å². The first-order chi connectivity index (χ1) is 8.61. The van der Waals surface area contributed by atoms with Gasteiger partial charge in [-0.25, -0.2) is 0 Å². The molecule has 96 valence electrons. The Kier molecular flexibility index (Phi) is 4.01. The fourth-order valence-corrected chi connectivity index (χ4v) is 2.22. The monoisotopic (exact) mass is 264 g/mol. The van der Waals surface area contributed by atoms with Gasteiger partial charge < -0.3 is 0 Å². The molecule has 18 heavy (non-hydrogen) atoms. The van der Waals surface area contributed by atoms with Gasteiger partial charge in [0.05, 0.1) is 11.7 Å². The van der Waals surface area contributed by atoms with Crippen molar-refractivity contribution in [2.24, 2.45) is 12.9 Å². The van der Waals surface area contributed by atoms with Crippen molar-refractivity contribution < 1.29 is 0 Å². The van der Waals surface area contributed by atoms with E-state index in [2.05, 4.69) is 10.5 Å². The Bertz CT molecular complexity index is 536. The minimum absolute atomic E-state index is 0.0126. The zero-order valence-electron chi connectivity index (χ0n) is 10.5. The van der Waals surface area contributed by atoms with Gasteiger partial charge in [0.25, 0.3) is 0 Å². The van der Waals surface area contributed by atoms with Crippen LogP contribution in [0.3, 0.4) is 0 Å². The van der Waals surface area contributed by atoms with Crippen LogP contribution in [0.2, 0.25) is 5.02 Å². The summed E-state index contributed by atoms with van der Waals surface area (Å²) in [7, 11) is 1.90. The Hall–Kier alpha value is -1.36. The van der Waals surface area contributed by atoms with Crippen molar-refractivity contribution in [3.8, 4) is 0 Å². The predicted octanol–water partition coefficient (Wildman–Crippen LogP) is 2.13. The van der Waals surface area contributed by atoms with E-state index in [-0.39, 0.29) is 6.04 Å². The maximum atomic E-state index is 6.13. The highest BCUT2D eigenvalue weighted by Gasteiger charge is 2.15. The molecule has 0 amide bonds. The topological polar surface area (TPSA) is 55.9 Å². The Balaban J connectivity index is 2.25. The standard InChI is InChI=1S/C13H17ClN4/c1-9-11(4-3-5-12(9)14)13(16-15)8-10-6-7-18(2)17-10/h3-7,13,16H,8,15H2,1-2H3. The molecule has 1 heterocycles. The van der Waals surface area contributed by atoms with Crippen LogP contribution in [0.4, 0.5) is 0 Å². The highest BCUT2D eigenvalue weighted by Crippen LogP contribution is 2.25.